The summed E-state index contributed by atoms with van der Waals surface area (Å²) in [5.41, 5.74) is 2.14. The van der Waals surface area contributed by atoms with Gasteiger partial charge in [0.2, 0.25) is 11.8 Å². The van der Waals surface area contributed by atoms with E-state index in [1.54, 1.807) is 36.8 Å². The largest absolute Gasteiger partial charge is 0.439 e. The number of hydrogen-bond acceptors (Lipinski definition) is 6. The second-order valence-corrected chi connectivity index (χ2v) is 6.52. The number of nitrogens with one attached hydrogen (secondary N) is 2. The summed E-state index contributed by atoms with van der Waals surface area (Å²) in [7, 11) is 0. The number of anilines is 2. The molecule has 154 valence electrons. The summed E-state index contributed by atoms with van der Waals surface area (Å²) in [5, 5.41) is 5.99. The van der Waals surface area contributed by atoms with Crippen molar-refractivity contribution in [2.45, 2.75) is 6.54 Å². The monoisotopic (exact) mass is 415 g/mol. The summed E-state index contributed by atoms with van der Waals surface area (Å²) in [6.07, 6.45) is 4.71. The standard InChI is InChI=1S/C23H18FN5O2/c24-18-4-6-20(7-5-18)31-21-10-13-26-23(29-21)27-15-16-2-1-3-19(14-16)28-22(30)17-8-11-25-12-9-17/h1-14H,15H2,(H,28,30)(H,26,27,29). The van der Waals surface area contributed by atoms with Crippen LogP contribution in [-0.4, -0.2) is 20.9 Å². The molecule has 0 atom stereocenters. The Bertz CT molecular complexity index is 1170. The SMILES string of the molecule is O=C(Nc1cccc(CNc2nccc(Oc3ccc(F)cc3)n2)c1)c1ccncc1. The van der Waals surface area contributed by atoms with E-state index < -0.39 is 0 Å². The summed E-state index contributed by atoms with van der Waals surface area (Å²) in [4.78, 5) is 24.7. The number of rotatable bonds is 7. The zero-order valence-electron chi connectivity index (χ0n) is 16.3. The minimum atomic E-state index is -0.336. The predicted octanol–water partition coefficient (Wildman–Crippen LogP) is 4.67. The maximum atomic E-state index is 13.0. The molecule has 0 aliphatic heterocycles. The van der Waals surface area contributed by atoms with Gasteiger partial charge in [-0.05, 0) is 54.1 Å². The number of halogens is 1. The number of aromatic nitrogens is 3. The fourth-order valence-electron chi connectivity index (χ4n) is 2.75. The van der Waals surface area contributed by atoms with E-state index in [1.165, 1.54) is 24.3 Å². The highest BCUT2D eigenvalue weighted by Crippen LogP contribution is 2.20. The quantitative estimate of drug-likeness (QED) is 0.456. The van der Waals surface area contributed by atoms with Crippen LogP contribution in [0.4, 0.5) is 16.0 Å². The number of pyridine rings is 1. The summed E-state index contributed by atoms with van der Waals surface area (Å²) in [6.45, 7) is 0.443. The number of ether oxygens (including phenoxy) is 1. The summed E-state index contributed by atoms with van der Waals surface area (Å²) >= 11 is 0. The first-order valence-electron chi connectivity index (χ1n) is 9.46. The second-order valence-electron chi connectivity index (χ2n) is 6.52. The lowest BCUT2D eigenvalue weighted by atomic mass is 10.2. The zero-order chi connectivity index (χ0) is 21.5. The lowest BCUT2D eigenvalue weighted by Gasteiger charge is -2.10. The van der Waals surface area contributed by atoms with Crippen LogP contribution in [0, 0.1) is 5.82 Å². The van der Waals surface area contributed by atoms with Crippen molar-refractivity contribution in [3.8, 4) is 11.6 Å². The lowest BCUT2D eigenvalue weighted by Crippen LogP contribution is -2.12. The fraction of sp³-hybridized carbons (Fsp3) is 0.0435. The van der Waals surface area contributed by atoms with Crippen molar-refractivity contribution >= 4 is 17.5 Å². The highest BCUT2D eigenvalue weighted by Gasteiger charge is 2.07. The second kappa shape index (κ2) is 9.45. The smallest absolute Gasteiger partial charge is 0.255 e. The number of benzene rings is 2. The maximum Gasteiger partial charge on any atom is 0.255 e. The van der Waals surface area contributed by atoms with Crippen molar-refractivity contribution < 1.29 is 13.9 Å². The molecular formula is C23H18FN5O2. The molecule has 2 aromatic heterocycles. The van der Waals surface area contributed by atoms with E-state index in [1.807, 2.05) is 24.3 Å². The summed E-state index contributed by atoms with van der Waals surface area (Å²) in [6, 6.07) is 18.1. The number of nitrogens with zero attached hydrogens (tertiary/aromatic N) is 3. The molecule has 31 heavy (non-hydrogen) atoms. The highest BCUT2D eigenvalue weighted by molar-refractivity contribution is 6.04. The van der Waals surface area contributed by atoms with Crippen molar-refractivity contribution in [3.63, 3.8) is 0 Å². The third-order valence-electron chi connectivity index (χ3n) is 4.24. The van der Waals surface area contributed by atoms with Crippen LogP contribution in [0.5, 0.6) is 11.6 Å². The van der Waals surface area contributed by atoms with Crippen LogP contribution >= 0.6 is 0 Å². The fourth-order valence-corrected chi connectivity index (χ4v) is 2.75. The Balaban J connectivity index is 1.37. The maximum absolute atomic E-state index is 13.0. The van der Waals surface area contributed by atoms with Gasteiger partial charge in [0.25, 0.3) is 5.91 Å². The predicted molar refractivity (Wildman–Crippen MR) is 114 cm³/mol. The van der Waals surface area contributed by atoms with E-state index in [9.17, 15) is 9.18 Å². The molecular weight excluding hydrogens is 397 g/mol. The first-order chi connectivity index (χ1) is 15.2. The Morgan fingerprint density at radius 2 is 1.77 bits per heavy atom. The van der Waals surface area contributed by atoms with Gasteiger partial charge in [-0.25, -0.2) is 9.37 Å². The number of amides is 1. The van der Waals surface area contributed by atoms with Gasteiger partial charge < -0.3 is 15.4 Å². The first-order valence-corrected chi connectivity index (χ1v) is 9.46. The number of hydrogen-bond donors (Lipinski definition) is 2. The van der Waals surface area contributed by atoms with Gasteiger partial charge in [-0.1, -0.05) is 12.1 Å². The Morgan fingerprint density at radius 3 is 2.58 bits per heavy atom. The van der Waals surface area contributed by atoms with Crippen molar-refractivity contribution in [1.82, 2.24) is 15.0 Å². The van der Waals surface area contributed by atoms with Gasteiger partial charge in [-0.15, -0.1) is 0 Å². The summed E-state index contributed by atoms with van der Waals surface area (Å²) in [5.74, 6) is 0.648. The van der Waals surface area contributed by atoms with E-state index in [-0.39, 0.29) is 11.7 Å². The molecule has 0 unspecified atom stereocenters. The Morgan fingerprint density at radius 1 is 0.968 bits per heavy atom. The third-order valence-corrected chi connectivity index (χ3v) is 4.24. The van der Waals surface area contributed by atoms with Gasteiger partial charge in [-0.3, -0.25) is 9.78 Å². The molecule has 7 nitrogen and oxygen atoms in total. The van der Waals surface area contributed by atoms with Crippen LogP contribution in [0.2, 0.25) is 0 Å². The molecule has 2 heterocycles. The Labute approximate surface area is 178 Å². The average molecular weight is 415 g/mol. The molecule has 0 saturated heterocycles. The van der Waals surface area contributed by atoms with E-state index in [0.717, 1.165) is 5.56 Å². The van der Waals surface area contributed by atoms with E-state index >= 15 is 0 Å². The van der Waals surface area contributed by atoms with E-state index in [4.69, 9.17) is 4.74 Å². The minimum absolute atomic E-state index is 0.207. The zero-order valence-corrected chi connectivity index (χ0v) is 16.3. The molecule has 1 amide bonds. The third kappa shape index (κ3) is 5.60. The molecule has 4 rings (SSSR count). The van der Waals surface area contributed by atoms with Crippen LogP contribution in [0.25, 0.3) is 0 Å². The number of carbonyl (C=O) groups excluding carboxylic acids is 1. The van der Waals surface area contributed by atoms with Crippen molar-refractivity contribution in [2.75, 3.05) is 10.6 Å². The van der Waals surface area contributed by atoms with Crippen LogP contribution < -0.4 is 15.4 Å². The average Bonchev–Trinajstić information content (AvgIpc) is 2.80. The molecule has 0 radical (unpaired) electrons. The molecule has 2 N–H and O–H groups in total. The molecule has 8 heteroatoms. The van der Waals surface area contributed by atoms with Gasteiger partial charge in [0.1, 0.15) is 11.6 Å². The van der Waals surface area contributed by atoms with Gasteiger partial charge in [0, 0.05) is 42.5 Å². The molecule has 0 aliphatic carbocycles. The van der Waals surface area contributed by atoms with Gasteiger partial charge >= 0.3 is 0 Å². The molecule has 0 saturated carbocycles. The normalized spacial score (nSPS) is 10.4. The van der Waals surface area contributed by atoms with E-state index in [0.29, 0.717) is 35.4 Å². The highest BCUT2D eigenvalue weighted by atomic mass is 19.1. The molecule has 4 aromatic rings. The van der Waals surface area contributed by atoms with E-state index in [2.05, 4.69) is 25.6 Å². The molecule has 0 aliphatic rings. The van der Waals surface area contributed by atoms with Crippen LogP contribution in [-0.2, 0) is 6.54 Å². The lowest BCUT2D eigenvalue weighted by molar-refractivity contribution is 0.102. The molecule has 0 bridgehead atoms. The van der Waals surface area contributed by atoms with Crippen molar-refractivity contribution in [2.24, 2.45) is 0 Å². The Kier molecular flexibility index (Phi) is 6.08. The van der Waals surface area contributed by atoms with Crippen LogP contribution in [0.3, 0.4) is 0 Å². The van der Waals surface area contributed by atoms with Gasteiger partial charge in [-0.2, -0.15) is 4.98 Å². The van der Waals surface area contributed by atoms with Gasteiger partial charge in [0.15, 0.2) is 0 Å². The van der Waals surface area contributed by atoms with Crippen molar-refractivity contribution in [1.29, 1.82) is 0 Å². The number of carbonyl (C=O) groups is 1. The van der Waals surface area contributed by atoms with Crippen molar-refractivity contribution in [3.05, 3.63) is 102 Å². The minimum Gasteiger partial charge on any atom is -0.439 e. The van der Waals surface area contributed by atoms with Crippen LogP contribution in [0.1, 0.15) is 15.9 Å². The molecule has 2 aromatic carbocycles. The molecule has 0 spiro atoms. The topological polar surface area (TPSA) is 89.0 Å². The van der Waals surface area contributed by atoms with Crippen LogP contribution in [0.15, 0.2) is 85.3 Å². The first kappa shape index (κ1) is 20.0. The Hall–Kier alpha value is -4.33. The molecule has 0 fully saturated rings. The van der Waals surface area contributed by atoms with Gasteiger partial charge in [0.05, 0.1) is 0 Å². The summed E-state index contributed by atoms with van der Waals surface area (Å²) < 4.78 is 18.6.